The number of hydrogen-bond acceptors (Lipinski definition) is 5. The molecule has 17 heavy (non-hydrogen) atoms. The molecule has 1 heterocycles. The first-order chi connectivity index (χ1) is 7.97. The van der Waals surface area contributed by atoms with E-state index in [-0.39, 0.29) is 11.7 Å². The van der Waals surface area contributed by atoms with Crippen molar-refractivity contribution in [2.75, 3.05) is 0 Å². The number of carboxylic acids is 1. The third-order valence-electron chi connectivity index (χ3n) is 2.05. The molecule has 1 rings (SSSR count). The minimum absolute atomic E-state index is 0.0551. The highest BCUT2D eigenvalue weighted by molar-refractivity contribution is 7.99. The van der Waals surface area contributed by atoms with Crippen molar-refractivity contribution in [1.82, 2.24) is 10.1 Å². The Kier molecular flexibility index (Phi) is 5.47. The van der Waals surface area contributed by atoms with E-state index in [9.17, 15) is 4.79 Å². The molecule has 6 heteroatoms. The number of aliphatic carboxylic acids is 1. The topological polar surface area (TPSA) is 76.2 Å². The van der Waals surface area contributed by atoms with Crippen molar-refractivity contribution in [1.29, 1.82) is 0 Å². The highest BCUT2D eigenvalue weighted by Crippen LogP contribution is 2.18. The second-order valence-electron chi connectivity index (χ2n) is 4.42. The molecular weight excluding hydrogens is 240 g/mol. The van der Waals surface area contributed by atoms with E-state index < -0.39 is 5.97 Å². The summed E-state index contributed by atoms with van der Waals surface area (Å²) < 4.78 is 5.10. The lowest BCUT2D eigenvalue weighted by Gasteiger charge is -2.05. The van der Waals surface area contributed by atoms with E-state index in [1.54, 1.807) is 0 Å². The fourth-order valence-electron chi connectivity index (χ4n) is 1.30. The first-order valence-electron chi connectivity index (χ1n) is 5.62. The molecule has 0 aliphatic carbocycles. The van der Waals surface area contributed by atoms with Crippen LogP contribution in [0.4, 0.5) is 0 Å². The minimum atomic E-state index is -0.779. The molecule has 1 aromatic heterocycles. The maximum absolute atomic E-state index is 10.5. The average Bonchev–Trinajstić information content (AvgIpc) is 2.60. The molecule has 0 aliphatic rings. The number of rotatable bonds is 7. The number of nitrogens with zero attached hydrogens (tertiary/aromatic N) is 2. The Morgan fingerprint density at radius 2 is 2.18 bits per heavy atom. The normalized spacial score (nSPS) is 12.9. The number of thioether (sulfide) groups is 1. The Labute approximate surface area is 105 Å². The monoisotopic (exact) mass is 258 g/mol. The van der Waals surface area contributed by atoms with Crippen LogP contribution in [0.15, 0.2) is 4.52 Å². The Hall–Kier alpha value is -1.04. The van der Waals surface area contributed by atoms with Gasteiger partial charge < -0.3 is 9.63 Å². The number of aromatic nitrogens is 2. The molecule has 0 fully saturated rings. The van der Waals surface area contributed by atoms with Crippen LogP contribution in [-0.4, -0.2) is 26.5 Å². The maximum Gasteiger partial charge on any atom is 0.304 e. The van der Waals surface area contributed by atoms with Gasteiger partial charge in [0.05, 0.1) is 12.2 Å². The standard InChI is InChI=1S/C11H18N2O3S/c1-7(2)4-10-12-9(13-16-10)6-17-8(3)5-11(14)15/h7-8H,4-6H2,1-3H3,(H,14,15). The Morgan fingerprint density at radius 1 is 1.47 bits per heavy atom. The van der Waals surface area contributed by atoms with Crippen LogP contribution in [0.3, 0.4) is 0 Å². The van der Waals surface area contributed by atoms with E-state index in [2.05, 4.69) is 24.0 Å². The van der Waals surface area contributed by atoms with Crippen molar-refractivity contribution in [2.45, 2.75) is 44.6 Å². The highest BCUT2D eigenvalue weighted by atomic mass is 32.2. The van der Waals surface area contributed by atoms with Gasteiger partial charge in [0, 0.05) is 11.7 Å². The summed E-state index contributed by atoms with van der Waals surface area (Å²) in [7, 11) is 0. The van der Waals surface area contributed by atoms with Gasteiger partial charge >= 0.3 is 5.97 Å². The van der Waals surface area contributed by atoms with E-state index in [4.69, 9.17) is 9.63 Å². The Balaban J connectivity index is 2.36. The zero-order chi connectivity index (χ0) is 12.8. The average molecular weight is 258 g/mol. The second-order valence-corrected chi connectivity index (χ2v) is 5.85. The molecule has 1 aromatic rings. The van der Waals surface area contributed by atoms with Crippen molar-refractivity contribution >= 4 is 17.7 Å². The van der Waals surface area contributed by atoms with Gasteiger partial charge in [-0.1, -0.05) is 25.9 Å². The smallest absolute Gasteiger partial charge is 0.304 e. The van der Waals surface area contributed by atoms with E-state index in [1.165, 1.54) is 11.8 Å². The zero-order valence-electron chi connectivity index (χ0n) is 10.3. The lowest BCUT2D eigenvalue weighted by molar-refractivity contribution is -0.136. The van der Waals surface area contributed by atoms with Crippen molar-refractivity contribution in [2.24, 2.45) is 5.92 Å². The zero-order valence-corrected chi connectivity index (χ0v) is 11.2. The van der Waals surface area contributed by atoms with Gasteiger partial charge in [-0.3, -0.25) is 4.79 Å². The summed E-state index contributed by atoms with van der Waals surface area (Å²) in [4.78, 5) is 14.7. The molecule has 1 N–H and O–H groups in total. The molecule has 0 saturated carbocycles. The SMILES string of the molecule is CC(C)Cc1nc(CSC(C)CC(=O)O)no1. The molecule has 1 atom stereocenters. The van der Waals surface area contributed by atoms with Gasteiger partial charge in [0.1, 0.15) is 0 Å². The quantitative estimate of drug-likeness (QED) is 0.809. The minimum Gasteiger partial charge on any atom is -0.481 e. The van der Waals surface area contributed by atoms with Gasteiger partial charge in [0.25, 0.3) is 0 Å². The first-order valence-corrected chi connectivity index (χ1v) is 6.67. The van der Waals surface area contributed by atoms with Crippen LogP contribution in [0.1, 0.15) is 38.9 Å². The number of carbonyl (C=O) groups is 1. The van der Waals surface area contributed by atoms with Crippen LogP contribution >= 0.6 is 11.8 Å². The molecule has 0 aromatic carbocycles. The van der Waals surface area contributed by atoms with E-state index in [0.717, 1.165) is 6.42 Å². The Morgan fingerprint density at radius 3 is 2.76 bits per heavy atom. The number of hydrogen-bond donors (Lipinski definition) is 1. The Bertz CT molecular complexity index is 365. The molecule has 0 saturated heterocycles. The van der Waals surface area contributed by atoms with Gasteiger partial charge in [-0.25, -0.2) is 0 Å². The summed E-state index contributed by atoms with van der Waals surface area (Å²) in [5.74, 6) is 1.60. The second kappa shape index (κ2) is 6.64. The molecule has 0 amide bonds. The van der Waals surface area contributed by atoms with Crippen molar-refractivity contribution < 1.29 is 14.4 Å². The highest BCUT2D eigenvalue weighted by Gasteiger charge is 2.12. The fraction of sp³-hybridized carbons (Fsp3) is 0.727. The van der Waals surface area contributed by atoms with Gasteiger partial charge in [0.2, 0.25) is 5.89 Å². The maximum atomic E-state index is 10.5. The van der Waals surface area contributed by atoms with Crippen LogP contribution in [0.25, 0.3) is 0 Å². The third-order valence-corrected chi connectivity index (χ3v) is 3.21. The molecule has 96 valence electrons. The van der Waals surface area contributed by atoms with Crippen molar-refractivity contribution in [3.05, 3.63) is 11.7 Å². The molecule has 1 unspecified atom stereocenters. The summed E-state index contributed by atoms with van der Waals surface area (Å²) in [6.45, 7) is 6.06. The molecular formula is C11H18N2O3S. The summed E-state index contributed by atoms with van der Waals surface area (Å²) in [6.07, 6.45) is 0.934. The van der Waals surface area contributed by atoms with Crippen molar-refractivity contribution in [3.63, 3.8) is 0 Å². The van der Waals surface area contributed by atoms with E-state index in [1.807, 2.05) is 6.92 Å². The fourth-order valence-corrected chi connectivity index (χ4v) is 2.11. The molecule has 0 bridgehead atoms. The van der Waals surface area contributed by atoms with E-state index in [0.29, 0.717) is 23.4 Å². The summed E-state index contributed by atoms with van der Waals surface area (Å²) >= 11 is 1.52. The van der Waals surface area contributed by atoms with Gasteiger partial charge in [-0.15, -0.1) is 11.8 Å². The van der Waals surface area contributed by atoms with E-state index >= 15 is 0 Å². The predicted octanol–water partition coefficient (Wildman–Crippen LogP) is 2.36. The largest absolute Gasteiger partial charge is 0.481 e. The summed E-state index contributed by atoms with van der Waals surface area (Å²) in [5.41, 5.74) is 0. The summed E-state index contributed by atoms with van der Waals surface area (Å²) in [5, 5.41) is 12.5. The van der Waals surface area contributed by atoms with Crippen LogP contribution < -0.4 is 0 Å². The molecule has 0 radical (unpaired) electrons. The lowest BCUT2D eigenvalue weighted by atomic mass is 10.1. The lowest BCUT2D eigenvalue weighted by Crippen LogP contribution is -2.06. The van der Waals surface area contributed by atoms with Crippen LogP contribution in [-0.2, 0) is 17.0 Å². The van der Waals surface area contributed by atoms with Crippen LogP contribution in [0, 0.1) is 5.92 Å². The van der Waals surface area contributed by atoms with Crippen LogP contribution in [0.2, 0.25) is 0 Å². The van der Waals surface area contributed by atoms with Crippen LogP contribution in [0.5, 0.6) is 0 Å². The molecule has 0 aliphatic heterocycles. The molecule has 5 nitrogen and oxygen atoms in total. The third kappa shape index (κ3) is 5.72. The van der Waals surface area contributed by atoms with Gasteiger partial charge in [0.15, 0.2) is 5.82 Å². The first kappa shape index (κ1) is 14.0. The van der Waals surface area contributed by atoms with Crippen molar-refractivity contribution in [3.8, 4) is 0 Å². The van der Waals surface area contributed by atoms with Gasteiger partial charge in [-0.2, -0.15) is 4.98 Å². The molecule has 0 spiro atoms. The summed E-state index contributed by atoms with van der Waals surface area (Å²) in [6, 6.07) is 0. The van der Waals surface area contributed by atoms with Gasteiger partial charge in [-0.05, 0) is 5.92 Å². The number of carboxylic acid groups (broad SMARTS) is 1. The predicted molar refractivity (Wildman–Crippen MR) is 65.8 cm³/mol.